The fourth-order valence-electron chi connectivity index (χ4n) is 2.90. The van der Waals surface area contributed by atoms with Crippen LogP contribution in [0.2, 0.25) is 0 Å². The predicted molar refractivity (Wildman–Crippen MR) is 107 cm³/mol. The van der Waals surface area contributed by atoms with Crippen LogP contribution in [0.15, 0.2) is 24.3 Å². The Bertz CT molecular complexity index is 556. The van der Waals surface area contributed by atoms with Crippen molar-refractivity contribution < 1.29 is 19.1 Å². The molecule has 0 aliphatic carbocycles. The van der Waals surface area contributed by atoms with Crippen LogP contribution in [0.3, 0.4) is 0 Å². The van der Waals surface area contributed by atoms with Crippen molar-refractivity contribution in [3.63, 3.8) is 0 Å². The van der Waals surface area contributed by atoms with E-state index in [2.05, 4.69) is 18.7 Å². The number of hydrogen-bond acceptors (Lipinski definition) is 5. The quantitative estimate of drug-likeness (QED) is 0.390. The van der Waals surface area contributed by atoms with Crippen molar-refractivity contribution >= 4 is 11.9 Å². The summed E-state index contributed by atoms with van der Waals surface area (Å²) >= 11 is 0. The Kier molecular flexibility index (Phi) is 11.2. The standard InChI is InChI=1S/C21H34N2O4/c1-5-22(6-2)14-7-8-15-23(16-13-21(25)27-4)20(24)17-18-9-11-19(26-3)12-10-18/h9-12H,5-8,13-17H2,1-4H3. The fraction of sp³-hybridized carbons (Fsp3) is 0.619. The molecular formula is C21H34N2O4. The smallest absolute Gasteiger partial charge is 0.307 e. The second kappa shape index (κ2) is 13.1. The lowest BCUT2D eigenvalue weighted by Crippen LogP contribution is -2.35. The van der Waals surface area contributed by atoms with Crippen LogP contribution < -0.4 is 4.74 Å². The van der Waals surface area contributed by atoms with E-state index in [9.17, 15) is 9.59 Å². The molecule has 0 radical (unpaired) electrons. The SMILES string of the molecule is CCN(CC)CCCCN(CCC(=O)OC)C(=O)Cc1ccc(OC)cc1. The first-order valence-electron chi connectivity index (χ1n) is 9.73. The maximum Gasteiger partial charge on any atom is 0.307 e. The van der Waals surface area contributed by atoms with Crippen LogP contribution in [0.5, 0.6) is 5.75 Å². The molecule has 1 aromatic rings. The van der Waals surface area contributed by atoms with Crippen molar-refractivity contribution in [2.24, 2.45) is 0 Å². The highest BCUT2D eigenvalue weighted by molar-refractivity contribution is 5.79. The molecule has 0 heterocycles. The van der Waals surface area contributed by atoms with Gasteiger partial charge in [0.2, 0.25) is 5.91 Å². The number of ether oxygens (including phenoxy) is 2. The van der Waals surface area contributed by atoms with Crippen LogP contribution in [0, 0.1) is 0 Å². The lowest BCUT2D eigenvalue weighted by atomic mass is 10.1. The molecule has 1 amide bonds. The minimum absolute atomic E-state index is 0.0342. The van der Waals surface area contributed by atoms with Gasteiger partial charge >= 0.3 is 5.97 Å². The maximum absolute atomic E-state index is 12.7. The van der Waals surface area contributed by atoms with Gasteiger partial charge in [-0.2, -0.15) is 0 Å². The van der Waals surface area contributed by atoms with Gasteiger partial charge in [-0.25, -0.2) is 0 Å². The summed E-state index contributed by atoms with van der Waals surface area (Å²) in [5.41, 5.74) is 0.937. The van der Waals surface area contributed by atoms with Crippen molar-refractivity contribution in [3.05, 3.63) is 29.8 Å². The summed E-state index contributed by atoms with van der Waals surface area (Å²) in [5.74, 6) is 0.512. The molecule has 6 heteroatoms. The molecule has 0 aromatic heterocycles. The fourth-order valence-corrected chi connectivity index (χ4v) is 2.90. The molecule has 1 aromatic carbocycles. The number of unbranched alkanes of at least 4 members (excludes halogenated alkanes) is 1. The first kappa shape index (κ1) is 23.0. The van der Waals surface area contributed by atoms with E-state index < -0.39 is 0 Å². The summed E-state index contributed by atoms with van der Waals surface area (Å²) in [5, 5.41) is 0. The monoisotopic (exact) mass is 378 g/mol. The third-order valence-corrected chi connectivity index (χ3v) is 4.73. The average molecular weight is 379 g/mol. The van der Waals surface area contributed by atoms with E-state index in [0.29, 0.717) is 19.5 Å². The van der Waals surface area contributed by atoms with Crippen LogP contribution in [-0.4, -0.2) is 68.6 Å². The summed E-state index contributed by atoms with van der Waals surface area (Å²) in [6.07, 6.45) is 2.50. The summed E-state index contributed by atoms with van der Waals surface area (Å²) in [4.78, 5) is 28.4. The van der Waals surface area contributed by atoms with Gasteiger partial charge < -0.3 is 19.3 Å². The molecule has 0 N–H and O–H groups in total. The predicted octanol–water partition coefficient (Wildman–Crippen LogP) is 2.75. The van der Waals surface area contributed by atoms with Gasteiger partial charge in [-0.05, 0) is 50.2 Å². The number of rotatable bonds is 13. The van der Waals surface area contributed by atoms with Crippen molar-refractivity contribution in [2.45, 2.75) is 39.5 Å². The Morgan fingerprint density at radius 3 is 2.11 bits per heavy atom. The van der Waals surface area contributed by atoms with Crippen LogP contribution in [-0.2, 0) is 20.7 Å². The molecule has 0 aliphatic rings. The average Bonchev–Trinajstić information content (AvgIpc) is 2.70. The molecule has 0 bridgehead atoms. The molecule has 0 spiro atoms. The molecule has 0 aliphatic heterocycles. The van der Waals surface area contributed by atoms with Crippen molar-refractivity contribution in [1.29, 1.82) is 0 Å². The second-order valence-electron chi connectivity index (χ2n) is 6.47. The molecule has 0 atom stereocenters. The topological polar surface area (TPSA) is 59.1 Å². The van der Waals surface area contributed by atoms with Crippen LogP contribution >= 0.6 is 0 Å². The Hall–Kier alpha value is -2.08. The Balaban J connectivity index is 2.59. The normalized spacial score (nSPS) is 10.7. The Morgan fingerprint density at radius 1 is 0.926 bits per heavy atom. The van der Waals surface area contributed by atoms with Crippen molar-refractivity contribution in [2.75, 3.05) is 46.9 Å². The highest BCUT2D eigenvalue weighted by Crippen LogP contribution is 2.13. The molecule has 1 rings (SSSR count). The summed E-state index contributed by atoms with van der Waals surface area (Å²) < 4.78 is 9.86. The van der Waals surface area contributed by atoms with E-state index in [1.54, 1.807) is 12.0 Å². The minimum atomic E-state index is -0.291. The number of carbonyl (C=O) groups excluding carboxylic acids is 2. The van der Waals surface area contributed by atoms with Crippen molar-refractivity contribution in [1.82, 2.24) is 9.80 Å². The number of esters is 1. The van der Waals surface area contributed by atoms with E-state index in [-0.39, 0.29) is 18.3 Å². The third kappa shape index (κ3) is 8.91. The molecule has 152 valence electrons. The number of carbonyl (C=O) groups is 2. The first-order valence-corrected chi connectivity index (χ1v) is 9.73. The van der Waals surface area contributed by atoms with Crippen LogP contribution in [0.25, 0.3) is 0 Å². The number of hydrogen-bond donors (Lipinski definition) is 0. The molecule has 6 nitrogen and oxygen atoms in total. The summed E-state index contributed by atoms with van der Waals surface area (Å²) in [6, 6.07) is 7.50. The number of benzene rings is 1. The molecule has 0 fully saturated rings. The molecule has 0 unspecified atom stereocenters. The van der Waals surface area contributed by atoms with E-state index >= 15 is 0 Å². The van der Waals surface area contributed by atoms with Gasteiger partial charge in [0.1, 0.15) is 5.75 Å². The summed E-state index contributed by atoms with van der Waals surface area (Å²) in [6.45, 7) is 8.48. The van der Waals surface area contributed by atoms with Crippen LogP contribution in [0.4, 0.5) is 0 Å². The van der Waals surface area contributed by atoms with Gasteiger partial charge in [-0.15, -0.1) is 0 Å². The van der Waals surface area contributed by atoms with E-state index in [1.165, 1.54) is 7.11 Å². The van der Waals surface area contributed by atoms with E-state index in [0.717, 1.165) is 43.8 Å². The zero-order valence-electron chi connectivity index (χ0n) is 17.2. The number of nitrogens with zero attached hydrogens (tertiary/aromatic N) is 2. The maximum atomic E-state index is 12.7. The zero-order valence-corrected chi connectivity index (χ0v) is 17.2. The molecular weight excluding hydrogens is 344 g/mol. The van der Waals surface area contributed by atoms with Gasteiger partial charge in [0.15, 0.2) is 0 Å². The van der Waals surface area contributed by atoms with Crippen LogP contribution in [0.1, 0.15) is 38.7 Å². The first-order chi connectivity index (χ1) is 13.0. The van der Waals surface area contributed by atoms with Gasteiger partial charge in [0, 0.05) is 13.1 Å². The molecule has 0 saturated carbocycles. The van der Waals surface area contributed by atoms with Crippen molar-refractivity contribution in [3.8, 4) is 5.75 Å². The van der Waals surface area contributed by atoms with E-state index in [4.69, 9.17) is 9.47 Å². The summed E-state index contributed by atoms with van der Waals surface area (Å²) in [7, 11) is 2.99. The largest absolute Gasteiger partial charge is 0.497 e. The van der Waals surface area contributed by atoms with E-state index in [1.807, 2.05) is 24.3 Å². The number of methoxy groups -OCH3 is 2. The number of amides is 1. The minimum Gasteiger partial charge on any atom is -0.497 e. The second-order valence-corrected chi connectivity index (χ2v) is 6.47. The lowest BCUT2D eigenvalue weighted by molar-refractivity contribution is -0.141. The molecule has 0 saturated heterocycles. The lowest BCUT2D eigenvalue weighted by Gasteiger charge is -2.23. The van der Waals surface area contributed by atoms with Gasteiger partial charge in [0.05, 0.1) is 27.1 Å². The highest BCUT2D eigenvalue weighted by Gasteiger charge is 2.16. The van der Waals surface area contributed by atoms with Gasteiger partial charge in [0.25, 0.3) is 0 Å². The zero-order chi connectivity index (χ0) is 20.1. The van der Waals surface area contributed by atoms with Gasteiger partial charge in [-0.1, -0.05) is 26.0 Å². The highest BCUT2D eigenvalue weighted by atomic mass is 16.5. The Morgan fingerprint density at radius 2 is 1.56 bits per heavy atom. The molecule has 27 heavy (non-hydrogen) atoms. The van der Waals surface area contributed by atoms with Gasteiger partial charge in [-0.3, -0.25) is 9.59 Å². The third-order valence-electron chi connectivity index (χ3n) is 4.73. The Labute approximate surface area is 163 Å².